The largest absolute Gasteiger partial charge is 0.383 e. The molecule has 0 amide bonds. The van der Waals surface area contributed by atoms with Crippen molar-refractivity contribution in [1.82, 2.24) is 14.9 Å². The van der Waals surface area contributed by atoms with Gasteiger partial charge in [0.25, 0.3) is 5.56 Å². The molecule has 0 aliphatic carbocycles. The first-order chi connectivity index (χ1) is 11.2. The quantitative estimate of drug-likeness (QED) is 0.644. The van der Waals surface area contributed by atoms with Gasteiger partial charge in [-0.05, 0) is 38.4 Å². The first-order valence-electron chi connectivity index (χ1n) is 8.39. The lowest BCUT2D eigenvalue weighted by molar-refractivity contribution is 0.600. The third kappa shape index (κ3) is 5.09. The van der Waals surface area contributed by atoms with Crippen molar-refractivity contribution in [1.29, 1.82) is 0 Å². The number of nitrogens with one attached hydrogen (secondary N) is 2. The summed E-state index contributed by atoms with van der Waals surface area (Å²) in [5.74, 6) is 0.414. The molecule has 1 rings (SSSR count). The molecule has 0 spiro atoms. The second kappa shape index (κ2) is 8.86. The number of hydrogen-bond acceptors (Lipinski definition) is 4. The molecule has 1 heterocycles. The van der Waals surface area contributed by atoms with Gasteiger partial charge in [-0.15, -0.1) is 0 Å². The van der Waals surface area contributed by atoms with Crippen LogP contribution in [0.1, 0.15) is 47.5 Å². The van der Waals surface area contributed by atoms with Crippen molar-refractivity contribution in [2.75, 3.05) is 17.2 Å². The predicted molar refractivity (Wildman–Crippen MR) is 104 cm³/mol. The summed E-state index contributed by atoms with van der Waals surface area (Å²) in [5, 5.41) is 3.57. The van der Waals surface area contributed by atoms with Crippen LogP contribution in [0.4, 0.5) is 11.5 Å². The van der Waals surface area contributed by atoms with Gasteiger partial charge in [0.1, 0.15) is 5.82 Å². The van der Waals surface area contributed by atoms with Crippen molar-refractivity contribution in [3.8, 4) is 0 Å². The molecule has 0 saturated heterocycles. The van der Waals surface area contributed by atoms with Gasteiger partial charge in [-0.1, -0.05) is 27.2 Å². The molecular weight excluding hydrogens is 326 g/mol. The van der Waals surface area contributed by atoms with E-state index in [0.29, 0.717) is 18.2 Å². The topological polar surface area (TPSA) is 96.2 Å². The first kappa shape index (κ1) is 20.2. The molecule has 4 N–H and O–H groups in total. The highest BCUT2D eigenvalue weighted by molar-refractivity contribution is 7.80. The third-order valence-electron chi connectivity index (χ3n) is 3.42. The van der Waals surface area contributed by atoms with E-state index in [1.165, 1.54) is 4.57 Å². The number of H-pyrrole nitrogens is 1. The summed E-state index contributed by atoms with van der Waals surface area (Å²) in [5.41, 5.74) is 5.42. The lowest BCUT2D eigenvalue weighted by Crippen LogP contribution is -2.48. The van der Waals surface area contributed by atoms with Gasteiger partial charge in [0.15, 0.2) is 10.8 Å². The van der Waals surface area contributed by atoms with Crippen LogP contribution in [0.15, 0.2) is 9.59 Å². The molecule has 0 saturated carbocycles. The smallest absolute Gasteiger partial charge is 0.330 e. The minimum Gasteiger partial charge on any atom is -0.383 e. The van der Waals surface area contributed by atoms with Gasteiger partial charge >= 0.3 is 5.69 Å². The van der Waals surface area contributed by atoms with Gasteiger partial charge in [-0.3, -0.25) is 14.3 Å². The zero-order chi connectivity index (χ0) is 18.4. The van der Waals surface area contributed by atoms with Crippen LogP contribution in [0.25, 0.3) is 0 Å². The van der Waals surface area contributed by atoms with E-state index in [9.17, 15) is 9.59 Å². The monoisotopic (exact) mass is 355 g/mol. The van der Waals surface area contributed by atoms with Crippen molar-refractivity contribution in [3.63, 3.8) is 0 Å². The molecule has 24 heavy (non-hydrogen) atoms. The maximum atomic E-state index is 12.4. The van der Waals surface area contributed by atoms with Gasteiger partial charge in [0.2, 0.25) is 0 Å². The lowest BCUT2D eigenvalue weighted by atomic mass is 10.2. The summed E-state index contributed by atoms with van der Waals surface area (Å²) in [7, 11) is 0. The van der Waals surface area contributed by atoms with Crippen LogP contribution in [0.5, 0.6) is 0 Å². The van der Waals surface area contributed by atoms with E-state index in [4.69, 9.17) is 18.0 Å². The number of rotatable bonds is 7. The van der Waals surface area contributed by atoms with E-state index in [1.54, 1.807) is 4.90 Å². The molecule has 0 atom stereocenters. The van der Waals surface area contributed by atoms with E-state index >= 15 is 0 Å². The second-order valence-electron chi connectivity index (χ2n) is 6.61. The Labute approximate surface area is 148 Å². The SMILES string of the molecule is CCCCn1c(N)c(N(CC(C)C)C(=S)NC(C)C)c(=O)[nH]c1=O. The molecule has 0 radical (unpaired) electrons. The van der Waals surface area contributed by atoms with E-state index in [2.05, 4.69) is 10.3 Å². The molecule has 0 aromatic carbocycles. The molecule has 0 aliphatic heterocycles. The molecule has 1 aromatic heterocycles. The van der Waals surface area contributed by atoms with Crippen LogP contribution in [-0.2, 0) is 6.54 Å². The van der Waals surface area contributed by atoms with Crippen molar-refractivity contribution in [2.24, 2.45) is 5.92 Å². The first-order valence-corrected chi connectivity index (χ1v) is 8.80. The molecule has 136 valence electrons. The number of unbranched alkanes of at least 4 members (excludes halogenated alkanes) is 1. The number of nitrogens with two attached hydrogens (primary N) is 1. The van der Waals surface area contributed by atoms with Gasteiger partial charge in [0, 0.05) is 19.1 Å². The predicted octanol–water partition coefficient (Wildman–Crippen LogP) is 1.66. The van der Waals surface area contributed by atoms with Crippen molar-refractivity contribution in [2.45, 2.75) is 60.0 Å². The highest BCUT2D eigenvalue weighted by atomic mass is 32.1. The summed E-state index contributed by atoms with van der Waals surface area (Å²) >= 11 is 5.45. The number of thiocarbonyl (C=S) groups is 1. The molecule has 7 nitrogen and oxygen atoms in total. The minimum absolute atomic E-state index is 0.124. The Bertz CT molecular complexity index is 678. The van der Waals surface area contributed by atoms with Crippen molar-refractivity contribution < 1.29 is 0 Å². The summed E-state index contributed by atoms with van der Waals surface area (Å²) in [6.45, 7) is 11.0. The molecule has 0 unspecified atom stereocenters. The maximum absolute atomic E-state index is 12.4. The lowest BCUT2D eigenvalue weighted by Gasteiger charge is -2.29. The van der Waals surface area contributed by atoms with Crippen molar-refractivity contribution >= 4 is 28.8 Å². The summed E-state index contributed by atoms with van der Waals surface area (Å²) in [6, 6.07) is 0.124. The van der Waals surface area contributed by atoms with Gasteiger partial charge in [0.05, 0.1) is 0 Å². The average molecular weight is 356 g/mol. The normalized spacial score (nSPS) is 11.1. The van der Waals surface area contributed by atoms with Gasteiger partial charge in [-0.25, -0.2) is 4.79 Å². The molecular formula is C16H29N5O2S. The fraction of sp³-hybridized carbons (Fsp3) is 0.688. The Morgan fingerprint density at radius 1 is 1.33 bits per heavy atom. The molecule has 0 aliphatic rings. The molecule has 0 fully saturated rings. The fourth-order valence-corrected chi connectivity index (χ4v) is 2.74. The highest BCUT2D eigenvalue weighted by Gasteiger charge is 2.23. The Kier molecular flexibility index (Phi) is 7.47. The van der Waals surface area contributed by atoms with Crippen LogP contribution in [-0.4, -0.2) is 27.3 Å². The number of aromatic amines is 1. The standard InChI is InChI=1S/C16H29N5O2S/c1-6-7-8-20-13(17)12(14(22)19-15(20)23)21(9-10(2)3)16(24)18-11(4)5/h10-11H,6-9,17H2,1-5H3,(H,18,24)(H,19,22,23). The number of nitrogen functional groups attached to an aromatic ring is 1. The number of nitrogens with zero attached hydrogens (tertiary/aromatic N) is 2. The maximum Gasteiger partial charge on any atom is 0.330 e. The highest BCUT2D eigenvalue weighted by Crippen LogP contribution is 2.19. The Morgan fingerprint density at radius 2 is 1.96 bits per heavy atom. The second-order valence-corrected chi connectivity index (χ2v) is 6.99. The van der Waals surface area contributed by atoms with E-state index in [0.717, 1.165) is 12.8 Å². The van der Waals surface area contributed by atoms with Crippen LogP contribution < -0.4 is 27.2 Å². The number of anilines is 2. The Morgan fingerprint density at radius 3 is 2.46 bits per heavy atom. The average Bonchev–Trinajstić information content (AvgIpc) is 2.44. The molecule has 0 bridgehead atoms. The Hall–Kier alpha value is -1.83. The fourth-order valence-electron chi connectivity index (χ4n) is 2.34. The number of hydrogen-bond donors (Lipinski definition) is 3. The summed E-state index contributed by atoms with van der Waals surface area (Å²) < 4.78 is 1.41. The van der Waals surface area contributed by atoms with E-state index in [1.807, 2.05) is 34.6 Å². The van der Waals surface area contributed by atoms with Crippen LogP contribution in [0.3, 0.4) is 0 Å². The molecule has 1 aromatic rings. The summed E-state index contributed by atoms with van der Waals surface area (Å²) in [6.07, 6.45) is 1.72. The zero-order valence-corrected chi connectivity index (χ0v) is 16.0. The third-order valence-corrected chi connectivity index (χ3v) is 3.76. The molecule has 8 heteroatoms. The van der Waals surface area contributed by atoms with Crippen LogP contribution in [0.2, 0.25) is 0 Å². The van der Waals surface area contributed by atoms with Gasteiger partial charge in [-0.2, -0.15) is 0 Å². The minimum atomic E-state index is -0.515. The van der Waals surface area contributed by atoms with E-state index < -0.39 is 11.2 Å². The zero-order valence-electron chi connectivity index (χ0n) is 15.2. The van der Waals surface area contributed by atoms with E-state index in [-0.39, 0.29) is 23.5 Å². The van der Waals surface area contributed by atoms with Gasteiger partial charge < -0.3 is 16.0 Å². The number of aromatic nitrogens is 2. The van der Waals surface area contributed by atoms with Crippen molar-refractivity contribution in [3.05, 3.63) is 20.8 Å². The van der Waals surface area contributed by atoms with Crippen LogP contribution >= 0.6 is 12.2 Å². The Balaban J connectivity index is 3.43. The van der Waals surface area contributed by atoms with Crippen LogP contribution in [0, 0.1) is 5.92 Å². The summed E-state index contributed by atoms with van der Waals surface area (Å²) in [4.78, 5) is 28.5.